The fraction of sp³-hybridized carbons (Fsp3) is 0.364. The molecule has 0 aliphatic carbocycles. The summed E-state index contributed by atoms with van der Waals surface area (Å²) in [4.78, 5) is 13.2. The Hall–Kier alpha value is -1.22. The lowest BCUT2D eigenvalue weighted by Crippen LogP contribution is -2.36. The van der Waals surface area contributed by atoms with Gasteiger partial charge in [0.1, 0.15) is 5.88 Å². The van der Waals surface area contributed by atoms with E-state index in [4.69, 9.17) is 17.3 Å². The van der Waals surface area contributed by atoms with Crippen LogP contribution in [0.4, 0.5) is 5.69 Å². The standard InChI is InChI=1S/C11H13ClN2O/c12-6-11(15)14-4-3-8-1-2-10(13)5-9(8)7-14/h1-2,5H,3-4,6-7,13H2. The van der Waals surface area contributed by atoms with E-state index in [0.717, 1.165) is 24.2 Å². The first kappa shape index (κ1) is 10.3. The Labute approximate surface area is 93.8 Å². The van der Waals surface area contributed by atoms with Gasteiger partial charge >= 0.3 is 0 Å². The molecule has 15 heavy (non-hydrogen) atoms. The summed E-state index contributed by atoms with van der Waals surface area (Å²) in [7, 11) is 0. The van der Waals surface area contributed by atoms with Gasteiger partial charge in [-0.05, 0) is 29.7 Å². The molecule has 1 aliphatic rings. The largest absolute Gasteiger partial charge is 0.399 e. The molecule has 1 aliphatic heterocycles. The maximum Gasteiger partial charge on any atom is 0.237 e. The van der Waals surface area contributed by atoms with Crippen LogP contribution in [0.3, 0.4) is 0 Å². The van der Waals surface area contributed by atoms with Crippen LogP contribution in [0.5, 0.6) is 0 Å². The maximum absolute atomic E-state index is 11.4. The molecule has 2 N–H and O–H groups in total. The smallest absolute Gasteiger partial charge is 0.237 e. The van der Waals surface area contributed by atoms with Gasteiger partial charge in [-0.2, -0.15) is 0 Å². The first-order chi connectivity index (χ1) is 7.20. The monoisotopic (exact) mass is 224 g/mol. The minimum absolute atomic E-state index is 0.00950. The number of carbonyl (C=O) groups excluding carboxylic acids is 1. The number of anilines is 1. The molecule has 0 fully saturated rings. The van der Waals surface area contributed by atoms with E-state index in [1.807, 2.05) is 18.2 Å². The van der Waals surface area contributed by atoms with Crippen LogP contribution in [0.15, 0.2) is 18.2 Å². The molecule has 1 aromatic rings. The number of nitrogens with zero attached hydrogens (tertiary/aromatic N) is 1. The van der Waals surface area contributed by atoms with E-state index in [2.05, 4.69) is 0 Å². The molecule has 0 bridgehead atoms. The lowest BCUT2D eigenvalue weighted by molar-refractivity contribution is -0.129. The normalized spacial score (nSPS) is 14.9. The van der Waals surface area contributed by atoms with Crippen LogP contribution in [-0.4, -0.2) is 23.2 Å². The average Bonchev–Trinajstić information content (AvgIpc) is 2.27. The summed E-state index contributed by atoms with van der Waals surface area (Å²) in [6, 6.07) is 5.87. The van der Waals surface area contributed by atoms with Crippen molar-refractivity contribution in [3.8, 4) is 0 Å². The Morgan fingerprint density at radius 1 is 1.47 bits per heavy atom. The average molecular weight is 225 g/mol. The Morgan fingerprint density at radius 2 is 2.27 bits per heavy atom. The Bertz CT molecular complexity index is 392. The van der Waals surface area contributed by atoms with Crippen molar-refractivity contribution >= 4 is 23.2 Å². The fourth-order valence-corrected chi connectivity index (χ4v) is 2.04. The molecule has 0 aromatic heterocycles. The van der Waals surface area contributed by atoms with Crippen molar-refractivity contribution in [1.29, 1.82) is 0 Å². The predicted molar refractivity (Wildman–Crippen MR) is 60.7 cm³/mol. The minimum atomic E-state index is -0.00950. The van der Waals surface area contributed by atoms with Gasteiger partial charge in [-0.3, -0.25) is 4.79 Å². The molecule has 1 aromatic carbocycles. The predicted octanol–water partition coefficient (Wildman–Crippen LogP) is 1.39. The van der Waals surface area contributed by atoms with E-state index in [1.165, 1.54) is 5.56 Å². The summed E-state index contributed by atoms with van der Waals surface area (Å²) in [5, 5.41) is 0. The summed E-state index contributed by atoms with van der Waals surface area (Å²) in [6.07, 6.45) is 0.887. The molecule has 4 heteroatoms. The summed E-state index contributed by atoms with van der Waals surface area (Å²) in [5.74, 6) is 0.0437. The number of nitrogens with two attached hydrogens (primary N) is 1. The van der Waals surface area contributed by atoms with E-state index in [-0.39, 0.29) is 11.8 Å². The van der Waals surface area contributed by atoms with Crippen LogP contribution in [0.2, 0.25) is 0 Å². The molecule has 0 saturated heterocycles. The molecule has 1 heterocycles. The minimum Gasteiger partial charge on any atom is -0.399 e. The number of amides is 1. The second-order valence-electron chi connectivity index (χ2n) is 3.73. The number of fused-ring (bicyclic) bond motifs is 1. The van der Waals surface area contributed by atoms with Gasteiger partial charge in [-0.25, -0.2) is 0 Å². The summed E-state index contributed by atoms with van der Waals surface area (Å²) in [6.45, 7) is 1.38. The first-order valence-electron chi connectivity index (χ1n) is 4.91. The van der Waals surface area contributed by atoms with Gasteiger partial charge in [0.05, 0.1) is 0 Å². The van der Waals surface area contributed by atoms with Crippen molar-refractivity contribution < 1.29 is 4.79 Å². The number of nitrogen functional groups attached to an aromatic ring is 1. The number of rotatable bonds is 1. The van der Waals surface area contributed by atoms with Crippen molar-refractivity contribution in [3.05, 3.63) is 29.3 Å². The third kappa shape index (κ3) is 2.07. The first-order valence-corrected chi connectivity index (χ1v) is 5.45. The molecule has 3 nitrogen and oxygen atoms in total. The van der Waals surface area contributed by atoms with Crippen molar-refractivity contribution in [2.75, 3.05) is 18.2 Å². The van der Waals surface area contributed by atoms with Crippen molar-refractivity contribution in [3.63, 3.8) is 0 Å². The van der Waals surface area contributed by atoms with Gasteiger partial charge in [-0.1, -0.05) is 6.07 Å². The van der Waals surface area contributed by atoms with Gasteiger partial charge in [0, 0.05) is 18.8 Å². The van der Waals surface area contributed by atoms with Crippen molar-refractivity contribution in [1.82, 2.24) is 4.90 Å². The Morgan fingerprint density at radius 3 is 3.00 bits per heavy atom. The van der Waals surface area contributed by atoms with Gasteiger partial charge < -0.3 is 10.6 Å². The van der Waals surface area contributed by atoms with Crippen LogP contribution in [-0.2, 0) is 17.8 Å². The van der Waals surface area contributed by atoms with E-state index in [0.29, 0.717) is 6.54 Å². The fourth-order valence-electron chi connectivity index (χ4n) is 1.87. The number of carbonyl (C=O) groups is 1. The molecule has 0 radical (unpaired) electrons. The van der Waals surface area contributed by atoms with Gasteiger partial charge in [-0.15, -0.1) is 11.6 Å². The van der Waals surface area contributed by atoms with E-state index in [9.17, 15) is 4.79 Å². The summed E-state index contributed by atoms with van der Waals surface area (Å²) >= 11 is 5.53. The van der Waals surface area contributed by atoms with Crippen molar-refractivity contribution in [2.45, 2.75) is 13.0 Å². The molecule has 0 spiro atoms. The van der Waals surface area contributed by atoms with Crippen LogP contribution >= 0.6 is 11.6 Å². The van der Waals surface area contributed by atoms with Gasteiger partial charge in [0.15, 0.2) is 0 Å². The highest BCUT2D eigenvalue weighted by molar-refractivity contribution is 6.27. The topological polar surface area (TPSA) is 46.3 Å². The van der Waals surface area contributed by atoms with E-state index in [1.54, 1.807) is 4.90 Å². The van der Waals surface area contributed by atoms with E-state index < -0.39 is 0 Å². The lowest BCUT2D eigenvalue weighted by atomic mass is 9.99. The molecular formula is C11H13ClN2O. The summed E-state index contributed by atoms with van der Waals surface area (Å²) in [5.41, 5.74) is 8.87. The number of hydrogen-bond donors (Lipinski definition) is 1. The zero-order valence-corrected chi connectivity index (χ0v) is 9.13. The van der Waals surface area contributed by atoms with E-state index >= 15 is 0 Å². The molecule has 80 valence electrons. The highest BCUT2D eigenvalue weighted by Crippen LogP contribution is 2.21. The third-order valence-electron chi connectivity index (χ3n) is 2.71. The molecule has 2 rings (SSSR count). The third-order valence-corrected chi connectivity index (χ3v) is 2.94. The maximum atomic E-state index is 11.4. The Balaban J connectivity index is 2.22. The SMILES string of the molecule is Nc1ccc2c(c1)CN(C(=O)CCl)CC2. The molecule has 1 amide bonds. The zero-order valence-electron chi connectivity index (χ0n) is 8.37. The molecule has 0 saturated carbocycles. The Kier molecular flexibility index (Phi) is 2.82. The van der Waals surface area contributed by atoms with Crippen LogP contribution in [0.25, 0.3) is 0 Å². The van der Waals surface area contributed by atoms with Crippen LogP contribution in [0, 0.1) is 0 Å². The molecule has 0 atom stereocenters. The number of hydrogen-bond acceptors (Lipinski definition) is 2. The van der Waals surface area contributed by atoms with Gasteiger partial charge in [0.2, 0.25) is 5.91 Å². The lowest BCUT2D eigenvalue weighted by Gasteiger charge is -2.28. The second-order valence-corrected chi connectivity index (χ2v) is 3.99. The highest BCUT2D eigenvalue weighted by atomic mass is 35.5. The number of benzene rings is 1. The zero-order chi connectivity index (χ0) is 10.8. The quantitative estimate of drug-likeness (QED) is 0.579. The van der Waals surface area contributed by atoms with Crippen molar-refractivity contribution in [2.24, 2.45) is 0 Å². The number of halogens is 1. The van der Waals surface area contributed by atoms with Crippen LogP contribution < -0.4 is 5.73 Å². The van der Waals surface area contributed by atoms with Crippen LogP contribution in [0.1, 0.15) is 11.1 Å². The highest BCUT2D eigenvalue weighted by Gasteiger charge is 2.19. The number of alkyl halides is 1. The van der Waals surface area contributed by atoms with Gasteiger partial charge in [0.25, 0.3) is 0 Å². The molecular weight excluding hydrogens is 212 g/mol. The summed E-state index contributed by atoms with van der Waals surface area (Å²) < 4.78 is 0. The second kappa shape index (κ2) is 4.11. The molecule has 0 unspecified atom stereocenters.